The number of hydrogen-bond acceptors (Lipinski definition) is 14. The van der Waals surface area contributed by atoms with Crippen molar-refractivity contribution in [3.05, 3.63) is 172 Å². The molecule has 0 heterocycles. The van der Waals surface area contributed by atoms with Crippen molar-refractivity contribution in [3.8, 4) is 11.5 Å². The Labute approximate surface area is 290 Å². The zero-order valence-electron chi connectivity index (χ0n) is 26.1. The molecule has 0 unspecified atom stereocenters. The summed E-state index contributed by atoms with van der Waals surface area (Å²) in [5, 5.41) is 44.6. The van der Waals surface area contributed by atoms with E-state index in [0.29, 0.717) is 22.5 Å². The number of ether oxygens (including phenoxy) is 2. The Morgan fingerprint density at radius 1 is 0.481 bits per heavy atom. The average Bonchev–Trinajstić information content (AvgIpc) is 3.13. The van der Waals surface area contributed by atoms with Crippen molar-refractivity contribution in [3.63, 3.8) is 0 Å². The summed E-state index contributed by atoms with van der Waals surface area (Å²) in [5.41, 5.74) is -1.13. The summed E-state index contributed by atoms with van der Waals surface area (Å²) >= 11 is 0. The highest BCUT2D eigenvalue weighted by molar-refractivity contribution is 5.94. The predicted octanol–water partition coefficient (Wildman–Crippen LogP) is 7.26. The topological polar surface area (TPSA) is 250 Å². The van der Waals surface area contributed by atoms with Crippen LogP contribution in [0.5, 0.6) is 11.5 Å². The van der Waals surface area contributed by atoms with E-state index < -0.39 is 54.4 Å². The average molecular weight is 705 g/mol. The highest BCUT2D eigenvalue weighted by atomic mass is 16.6. The van der Waals surface area contributed by atoms with E-state index in [9.17, 15) is 50.0 Å². The third-order valence-corrected chi connectivity index (χ3v) is 6.83. The van der Waals surface area contributed by atoms with Crippen LogP contribution in [0.15, 0.2) is 119 Å². The zero-order chi connectivity index (χ0) is 37.4. The minimum Gasteiger partial charge on any atom is -0.423 e. The van der Waals surface area contributed by atoms with Crippen molar-refractivity contribution < 1.29 is 38.8 Å². The molecule has 0 saturated carbocycles. The van der Waals surface area contributed by atoms with Crippen LogP contribution in [0.4, 0.5) is 34.1 Å². The van der Waals surface area contributed by atoms with Gasteiger partial charge in [0.25, 0.3) is 22.7 Å². The van der Waals surface area contributed by atoms with Gasteiger partial charge in [-0.05, 0) is 59.7 Å². The van der Waals surface area contributed by atoms with Crippen LogP contribution in [0.2, 0.25) is 0 Å². The standard InChI is InChI=1S/C34H20N6O12/c41-33(23-13-27(37(43)44)17-28(14-23)38(45)46)51-31-5-1-3-21(11-31)19-35-25-7-9-26(10-8-25)36-20-22-4-2-6-32(12-22)52-34(42)24-15-29(39(47)48)18-30(16-24)40(49)50/h1-20H. The van der Waals surface area contributed by atoms with E-state index in [0.717, 1.165) is 36.4 Å². The van der Waals surface area contributed by atoms with Crippen LogP contribution in [0.25, 0.3) is 0 Å². The summed E-state index contributed by atoms with van der Waals surface area (Å²) in [6.07, 6.45) is 2.99. The van der Waals surface area contributed by atoms with Crippen molar-refractivity contribution >= 4 is 58.5 Å². The van der Waals surface area contributed by atoms with Crippen molar-refractivity contribution in [2.24, 2.45) is 9.98 Å². The van der Waals surface area contributed by atoms with Gasteiger partial charge in [0.05, 0.1) is 54.3 Å². The molecule has 0 aromatic heterocycles. The Kier molecular flexibility index (Phi) is 10.5. The van der Waals surface area contributed by atoms with Crippen LogP contribution in [0.3, 0.4) is 0 Å². The van der Waals surface area contributed by atoms with Crippen LogP contribution in [0.1, 0.15) is 31.8 Å². The fourth-order valence-electron chi connectivity index (χ4n) is 4.42. The second kappa shape index (κ2) is 15.5. The number of hydrogen-bond donors (Lipinski definition) is 0. The molecule has 18 nitrogen and oxygen atoms in total. The molecule has 0 spiro atoms. The van der Waals surface area contributed by atoms with Gasteiger partial charge in [0.2, 0.25) is 0 Å². The lowest BCUT2D eigenvalue weighted by atomic mass is 10.1. The van der Waals surface area contributed by atoms with E-state index in [1.807, 2.05) is 0 Å². The molecule has 0 saturated heterocycles. The van der Waals surface area contributed by atoms with Crippen molar-refractivity contribution in [1.82, 2.24) is 0 Å². The monoisotopic (exact) mass is 704 g/mol. The maximum absolute atomic E-state index is 12.6. The minimum atomic E-state index is -1.03. The molecule has 18 heteroatoms. The largest absolute Gasteiger partial charge is 0.423 e. The molecule has 5 rings (SSSR count). The first kappa shape index (κ1) is 35.3. The van der Waals surface area contributed by atoms with Gasteiger partial charge >= 0.3 is 11.9 Å². The first-order valence-corrected chi connectivity index (χ1v) is 14.5. The van der Waals surface area contributed by atoms with Crippen LogP contribution in [-0.2, 0) is 0 Å². The SMILES string of the molecule is O=C(Oc1cccc(C=Nc2ccc(N=Cc3cccc(OC(=O)c4cc([N+](=O)[O-])cc([N+](=O)[O-])c4)c3)cc2)c1)c1cc([N+](=O)[O-])cc([N+](=O)[O-])c1. The number of carbonyl (C=O) groups is 2. The van der Waals surface area contributed by atoms with Gasteiger partial charge in [-0.25, -0.2) is 9.59 Å². The normalized spacial score (nSPS) is 10.9. The summed E-state index contributed by atoms with van der Waals surface area (Å²) < 4.78 is 10.6. The number of aliphatic imine (C=N–C) groups is 2. The predicted molar refractivity (Wildman–Crippen MR) is 183 cm³/mol. The maximum Gasteiger partial charge on any atom is 0.344 e. The summed E-state index contributed by atoms with van der Waals surface area (Å²) in [5.74, 6) is -1.92. The Morgan fingerprint density at radius 2 is 0.808 bits per heavy atom. The van der Waals surface area contributed by atoms with Gasteiger partial charge in [-0.15, -0.1) is 0 Å². The number of benzene rings is 5. The van der Waals surface area contributed by atoms with Gasteiger partial charge in [-0.1, -0.05) is 24.3 Å². The third-order valence-electron chi connectivity index (χ3n) is 6.83. The molecule has 0 atom stereocenters. The molecule has 0 bridgehead atoms. The molecule has 5 aromatic rings. The first-order chi connectivity index (χ1) is 24.8. The number of nitro benzene ring substituents is 4. The lowest BCUT2D eigenvalue weighted by Crippen LogP contribution is -2.10. The molecule has 258 valence electrons. The van der Waals surface area contributed by atoms with Gasteiger partial charge in [0.15, 0.2) is 0 Å². The van der Waals surface area contributed by atoms with Gasteiger partial charge in [-0.2, -0.15) is 0 Å². The number of nitrogens with zero attached hydrogens (tertiary/aromatic N) is 6. The fraction of sp³-hybridized carbons (Fsp3) is 0. The van der Waals surface area contributed by atoms with E-state index in [-0.39, 0.29) is 22.6 Å². The van der Waals surface area contributed by atoms with Gasteiger partial charge in [0, 0.05) is 36.7 Å². The lowest BCUT2D eigenvalue weighted by molar-refractivity contribution is -0.394. The van der Waals surface area contributed by atoms with Gasteiger partial charge in [0.1, 0.15) is 11.5 Å². The van der Waals surface area contributed by atoms with Crippen LogP contribution >= 0.6 is 0 Å². The van der Waals surface area contributed by atoms with E-state index in [4.69, 9.17) is 9.47 Å². The van der Waals surface area contributed by atoms with Crippen LogP contribution in [-0.4, -0.2) is 44.1 Å². The van der Waals surface area contributed by atoms with Crippen molar-refractivity contribution in [2.45, 2.75) is 0 Å². The third kappa shape index (κ3) is 9.11. The van der Waals surface area contributed by atoms with Gasteiger partial charge in [-0.3, -0.25) is 50.4 Å². The van der Waals surface area contributed by atoms with E-state index in [1.165, 1.54) is 36.7 Å². The second-order valence-corrected chi connectivity index (χ2v) is 10.5. The molecule has 0 aliphatic heterocycles. The maximum atomic E-state index is 12.6. The molecule has 0 N–H and O–H groups in total. The Balaban J connectivity index is 1.21. The molecule has 52 heavy (non-hydrogen) atoms. The highest BCUT2D eigenvalue weighted by Gasteiger charge is 2.22. The first-order valence-electron chi connectivity index (χ1n) is 14.5. The van der Waals surface area contributed by atoms with Crippen LogP contribution < -0.4 is 9.47 Å². The number of nitro groups is 4. The van der Waals surface area contributed by atoms with Gasteiger partial charge < -0.3 is 9.47 Å². The Morgan fingerprint density at radius 3 is 1.12 bits per heavy atom. The molecule has 0 amide bonds. The summed E-state index contributed by atoms with van der Waals surface area (Å²) in [6.45, 7) is 0. The molecular formula is C34H20N6O12. The zero-order valence-corrected chi connectivity index (χ0v) is 26.1. The number of non-ortho nitro benzene ring substituents is 4. The molecule has 0 aliphatic rings. The fourth-order valence-corrected chi connectivity index (χ4v) is 4.42. The van der Waals surface area contributed by atoms with Crippen molar-refractivity contribution in [1.29, 1.82) is 0 Å². The summed E-state index contributed by atoms with van der Waals surface area (Å²) in [4.78, 5) is 75.2. The molecule has 0 aliphatic carbocycles. The molecule has 0 radical (unpaired) electrons. The number of rotatable bonds is 12. The smallest absolute Gasteiger partial charge is 0.344 e. The van der Waals surface area contributed by atoms with Crippen molar-refractivity contribution in [2.75, 3.05) is 0 Å². The molecular weight excluding hydrogens is 684 g/mol. The molecule has 0 fully saturated rings. The van der Waals surface area contributed by atoms with Crippen LogP contribution in [0, 0.1) is 40.5 Å². The number of carbonyl (C=O) groups excluding carboxylic acids is 2. The lowest BCUT2D eigenvalue weighted by Gasteiger charge is -2.05. The molecule has 5 aromatic carbocycles. The summed E-state index contributed by atoms with van der Waals surface area (Å²) in [6, 6.07) is 24.1. The second-order valence-electron chi connectivity index (χ2n) is 10.5. The Hall–Kier alpha value is -8.02. The minimum absolute atomic E-state index is 0.0691. The quantitative estimate of drug-likeness (QED) is 0.0409. The van der Waals surface area contributed by atoms with E-state index in [2.05, 4.69) is 9.98 Å². The van der Waals surface area contributed by atoms with E-state index in [1.54, 1.807) is 48.5 Å². The highest BCUT2D eigenvalue weighted by Crippen LogP contribution is 2.26. The van der Waals surface area contributed by atoms with E-state index >= 15 is 0 Å². The summed E-state index contributed by atoms with van der Waals surface area (Å²) in [7, 11) is 0. The Bertz CT molecular complexity index is 2100. The number of esters is 2.